The molecule has 1 aromatic carbocycles. The average Bonchev–Trinajstić information content (AvgIpc) is 3.21. The first-order chi connectivity index (χ1) is 18.9. The number of carbonyl (C=O) groups excluding carboxylic acids is 5. The number of hydrogen-bond donors (Lipinski definition) is 2. The van der Waals surface area contributed by atoms with E-state index in [1.54, 1.807) is 18.2 Å². The van der Waals surface area contributed by atoms with Crippen molar-refractivity contribution >= 4 is 35.2 Å². The fourth-order valence-electron chi connectivity index (χ4n) is 6.05. The second-order valence-electron chi connectivity index (χ2n) is 10.7. The number of nitrogens with one attached hydrogen (secondary N) is 2. The maximum Gasteiger partial charge on any atom is 0.264 e. The van der Waals surface area contributed by atoms with Gasteiger partial charge in [0.25, 0.3) is 11.8 Å². The molecule has 4 aliphatic rings. The van der Waals surface area contributed by atoms with Gasteiger partial charge in [-0.15, -0.1) is 0 Å². The topological polar surface area (TPSA) is 128 Å². The molecule has 0 aliphatic carbocycles. The third kappa shape index (κ3) is 5.99. The van der Waals surface area contributed by atoms with E-state index in [-0.39, 0.29) is 29.9 Å². The second-order valence-corrected chi connectivity index (χ2v) is 10.7. The lowest BCUT2D eigenvalue weighted by molar-refractivity contribution is -0.138. The van der Waals surface area contributed by atoms with Gasteiger partial charge in [-0.1, -0.05) is 6.07 Å². The van der Waals surface area contributed by atoms with Gasteiger partial charge in [0.05, 0.1) is 30.3 Å². The van der Waals surface area contributed by atoms with Gasteiger partial charge >= 0.3 is 0 Å². The molecule has 1 aromatic rings. The number of anilines is 1. The standard InChI is InChI=1S/C28H37N5O6/c34-23-10-9-22(25(35)30-23)33-27(37)20-7-4-8-21(24(20)28(33)38)29-11-16-39-17-15-31-12-5-6-19(18-31)26(36)32-13-2-1-3-14-32/h4,7-8,19,22,29H,1-3,5-6,9-18H2,(H,30,34,35). The molecule has 2 unspecified atom stereocenters. The van der Waals surface area contributed by atoms with Gasteiger partial charge in [-0.2, -0.15) is 0 Å². The van der Waals surface area contributed by atoms with Crippen molar-refractivity contribution in [3.05, 3.63) is 29.3 Å². The summed E-state index contributed by atoms with van der Waals surface area (Å²) < 4.78 is 5.83. The number of amides is 5. The molecule has 4 heterocycles. The number of carbonyl (C=O) groups is 5. The van der Waals surface area contributed by atoms with Crippen LogP contribution in [0.1, 0.15) is 65.7 Å². The van der Waals surface area contributed by atoms with Crippen LogP contribution >= 0.6 is 0 Å². The van der Waals surface area contributed by atoms with Gasteiger partial charge in [-0.3, -0.25) is 34.2 Å². The number of benzene rings is 1. The highest BCUT2D eigenvalue weighted by atomic mass is 16.5. The summed E-state index contributed by atoms with van der Waals surface area (Å²) in [4.78, 5) is 68.1. The fourth-order valence-corrected chi connectivity index (χ4v) is 6.05. The van der Waals surface area contributed by atoms with Gasteiger partial charge in [-0.25, -0.2) is 0 Å². The van der Waals surface area contributed by atoms with E-state index >= 15 is 0 Å². The first kappa shape index (κ1) is 27.3. The minimum Gasteiger partial charge on any atom is -0.382 e. The molecule has 210 valence electrons. The van der Waals surface area contributed by atoms with E-state index in [9.17, 15) is 24.0 Å². The van der Waals surface area contributed by atoms with Crippen molar-refractivity contribution in [2.24, 2.45) is 5.92 Å². The van der Waals surface area contributed by atoms with Crippen molar-refractivity contribution < 1.29 is 28.7 Å². The van der Waals surface area contributed by atoms with Crippen LogP contribution in [0.15, 0.2) is 18.2 Å². The Labute approximate surface area is 228 Å². The number of ether oxygens (including phenoxy) is 1. The van der Waals surface area contributed by atoms with Crippen LogP contribution in [-0.4, -0.2) is 103 Å². The maximum absolute atomic E-state index is 13.2. The number of likely N-dealkylation sites (tertiary alicyclic amines) is 2. The summed E-state index contributed by atoms with van der Waals surface area (Å²) in [7, 11) is 0. The van der Waals surface area contributed by atoms with Crippen LogP contribution in [0.4, 0.5) is 5.69 Å². The molecule has 3 saturated heterocycles. The summed E-state index contributed by atoms with van der Waals surface area (Å²) in [5.41, 5.74) is 0.999. The first-order valence-corrected chi connectivity index (χ1v) is 14.1. The Hall–Kier alpha value is -3.31. The normalized spacial score (nSPS) is 24.1. The van der Waals surface area contributed by atoms with Gasteiger partial charge in [0.1, 0.15) is 6.04 Å². The largest absolute Gasteiger partial charge is 0.382 e. The lowest BCUT2D eigenvalue weighted by Gasteiger charge is -2.36. The molecule has 39 heavy (non-hydrogen) atoms. The summed E-state index contributed by atoms with van der Waals surface area (Å²) in [6, 6.07) is 4.01. The van der Waals surface area contributed by atoms with Crippen molar-refractivity contribution in [3.8, 4) is 0 Å². The maximum atomic E-state index is 13.2. The number of fused-ring (bicyclic) bond motifs is 1. The highest BCUT2D eigenvalue weighted by Gasteiger charge is 2.45. The van der Waals surface area contributed by atoms with Gasteiger partial charge in [-0.05, 0) is 57.2 Å². The number of piperidine rings is 3. The van der Waals surface area contributed by atoms with E-state index in [2.05, 4.69) is 15.5 Å². The van der Waals surface area contributed by atoms with E-state index in [1.165, 1.54) is 6.42 Å². The number of imide groups is 2. The molecule has 2 atom stereocenters. The molecule has 0 bridgehead atoms. The molecular weight excluding hydrogens is 502 g/mol. The zero-order valence-electron chi connectivity index (χ0n) is 22.3. The highest BCUT2D eigenvalue weighted by molar-refractivity contribution is 6.25. The minimum absolute atomic E-state index is 0.0821. The van der Waals surface area contributed by atoms with Crippen LogP contribution < -0.4 is 10.6 Å². The molecule has 11 nitrogen and oxygen atoms in total. The number of nitrogens with zero attached hydrogens (tertiary/aromatic N) is 3. The summed E-state index contributed by atoms with van der Waals surface area (Å²) in [6.45, 7) is 5.70. The van der Waals surface area contributed by atoms with Crippen molar-refractivity contribution in [2.45, 2.75) is 51.0 Å². The van der Waals surface area contributed by atoms with Crippen LogP contribution in [0.5, 0.6) is 0 Å². The predicted octanol–water partition coefficient (Wildman–Crippen LogP) is 1.24. The zero-order chi connectivity index (χ0) is 27.4. The Kier molecular flexibility index (Phi) is 8.56. The van der Waals surface area contributed by atoms with Gasteiger partial charge in [0.2, 0.25) is 17.7 Å². The zero-order valence-corrected chi connectivity index (χ0v) is 22.3. The lowest BCUT2D eigenvalue weighted by Crippen LogP contribution is -2.54. The molecular formula is C28H37N5O6. The molecule has 0 aromatic heterocycles. The average molecular weight is 540 g/mol. The molecule has 2 N–H and O–H groups in total. The number of hydrogen-bond acceptors (Lipinski definition) is 8. The Bertz CT molecular complexity index is 1130. The van der Waals surface area contributed by atoms with Gasteiger partial charge < -0.3 is 19.9 Å². The van der Waals surface area contributed by atoms with E-state index in [1.807, 2.05) is 4.90 Å². The second kappa shape index (κ2) is 12.3. The van der Waals surface area contributed by atoms with Crippen molar-refractivity contribution in [1.82, 2.24) is 20.0 Å². The third-order valence-electron chi connectivity index (χ3n) is 8.10. The monoisotopic (exact) mass is 539 g/mol. The lowest BCUT2D eigenvalue weighted by atomic mass is 9.95. The van der Waals surface area contributed by atoms with Gasteiger partial charge in [0, 0.05) is 44.8 Å². The fraction of sp³-hybridized carbons (Fsp3) is 0.607. The van der Waals surface area contributed by atoms with E-state index in [0.29, 0.717) is 31.4 Å². The molecule has 0 spiro atoms. The third-order valence-corrected chi connectivity index (χ3v) is 8.10. The van der Waals surface area contributed by atoms with Crippen molar-refractivity contribution in [2.75, 3.05) is 57.8 Å². The first-order valence-electron chi connectivity index (χ1n) is 14.1. The molecule has 4 aliphatic heterocycles. The van der Waals surface area contributed by atoms with E-state index in [4.69, 9.17) is 4.74 Å². The van der Waals surface area contributed by atoms with Crippen LogP contribution in [0.25, 0.3) is 0 Å². The molecule has 5 rings (SSSR count). The summed E-state index contributed by atoms with van der Waals surface area (Å²) in [5, 5.41) is 5.40. The molecule has 11 heteroatoms. The SMILES string of the molecule is O=C1CCC(N2C(=O)c3cccc(NCCOCCN4CCCC(C(=O)N5CCCCC5)C4)c3C2=O)C(=O)N1. The van der Waals surface area contributed by atoms with E-state index in [0.717, 1.165) is 63.3 Å². The Balaban J connectivity index is 1.07. The number of rotatable bonds is 9. The summed E-state index contributed by atoms with van der Waals surface area (Å²) in [5.74, 6) is -1.70. The highest BCUT2D eigenvalue weighted by Crippen LogP contribution is 2.32. The van der Waals surface area contributed by atoms with Crippen LogP contribution in [-0.2, 0) is 19.1 Å². The Morgan fingerprint density at radius 3 is 2.59 bits per heavy atom. The van der Waals surface area contributed by atoms with Gasteiger partial charge in [0.15, 0.2) is 0 Å². The van der Waals surface area contributed by atoms with Crippen molar-refractivity contribution in [3.63, 3.8) is 0 Å². The van der Waals surface area contributed by atoms with Crippen LogP contribution in [0.2, 0.25) is 0 Å². The minimum atomic E-state index is -0.990. The smallest absolute Gasteiger partial charge is 0.264 e. The molecule has 3 fully saturated rings. The summed E-state index contributed by atoms with van der Waals surface area (Å²) >= 11 is 0. The molecule has 0 radical (unpaired) electrons. The van der Waals surface area contributed by atoms with Crippen LogP contribution in [0.3, 0.4) is 0 Å². The quantitative estimate of drug-likeness (QED) is 0.354. The molecule has 0 saturated carbocycles. The Morgan fingerprint density at radius 1 is 0.974 bits per heavy atom. The van der Waals surface area contributed by atoms with Crippen molar-refractivity contribution in [1.29, 1.82) is 0 Å². The summed E-state index contributed by atoms with van der Waals surface area (Å²) in [6.07, 6.45) is 5.62. The molecule has 5 amide bonds. The van der Waals surface area contributed by atoms with Crippen LogP contribution in [0, 0.1) is 5.92 Å². The Morgan fingerprint density at radius 2 is 1.79 bits per heavy atom. The van der Waals surface area contributed by atoms with E-state index < -0.39 is 29.7 Å². The predicted molar refractivity (Wildman–Crippen MR) is 142 cm³/mol.